The van der Waals surface area contributed by atoms with E-state index in [0.29, 0.717) is 12.2 Å². The maximum Gasteiger partial charge on any atom is 0.340 e. The molecule has 2 aromatic carbocycles. The van der Waals surface area contributed by atoms with Crippen LogP contribution in [0.3, 0.4) is 0 Å². The molecule has 0 bridgehead atoms. The Balaban J connectivity index is 2.14. The van der Waals surface area contributed by atoms with Gasteiger partial charge in [-0.3, -0.25) is 0 Å². The molecule has 0 radical (unpaired) electrons. The Morgan fingerprint density at radius 2 is 1.73 bits per heavy atom. The molecule has 0 spiro atoms. The number of carbonyl (C=O) groups excluding carboxylic acids is 1. The van der Waals surface area contributed by atoms with Gasteiger partial charge in [0.15, 0.2) is 0 Å². The lowest BCUT2D eigenvalue weighted by atomic mass is 10.1. The molecule has 0 aliphatic rings. The van der Waals surface area contributed by atoms with E-state index in [9.17, 15) is 4.79 Å². The number of carbonyl (C=O) groups is 1. The fourth-order valence-electron chi connectivity index (χ4n) is 2.86. The van der Waals surface area contributed by atoms with Crippen LogP contribution in [0.4, 0.5) is 0 Å². The minimum Gasteiger partial charge on any atom is -0.462 e. The van der Waals surface area contributed by atoms with Crippen molar-refractivity contribution in [3.05, 3.63) is 71.4 Å². The third-order valence-electron chi connectivity index (χ3n) is 3.89. The monoisotopic (exact) mass is 293 g/mol. The summed E-state index contributed by atoms with van der Waals surface area (Å²) in [5.41, 5.74) is 3.89. The quantitative estimate of drug-likeness (QED) is 0.676. The van der Waals surface area contributed by atoms with Crippen LogP contribution in [-0.2, 0) is 11.3 Å². The maximum absolute atomic E-state index is 12.3. The molecule has 0 aliphatic heterocycles. The standard InChI is InChI=1S/C19H19NO2/c1-3-22-19(21)18-14(2)20(13-15-9-5-4-6-10-15)17-12-8-7-11-16(17)18/h4-12H,3,13H2,1-2H3. The molecule has 1 aromatic heterocycles. The molecule has 3 aromatic rings. The number of benzene rings is 2. The zero-order valence-corrected chi connectivity index (χ0v) is 12.9. The van der Waals surface area contributed by atoms with Crippen molar-refractivity contribution in [1.29, 1.82) is 0 Å². The van der Waals surface area contributed by atoms with Crippen molar-refractivity contribution in [3.8, 4) is 0 Å². The third-order valence-corrected chi connectivity index (χ3v) is 3.89. The van der Waals surface area contributed by atoms with Crippen LogP contribution in [0.25, 0.3) is 10.9 Å². The van der Waals surface area contributed by atoms with Crippen LogP contribution in [0.2, 0.25) is 0 Å². The van der Waals surface area contributed by atoms with E-state index >= 15 is 0 Å². The van der Waals surface area contributed by atoms with E-state index in [1.807, 2.05) is 56.3 Å². The summed E-state index contributed by atoms with van der Waals surface area (Å²) in [6.07, 6.45) is 0. The normalized spacial score (nSPS) is 10.8. The smallest absolute Gasteiger partial charge is 0.340 e. The Labute approximate surface area is 130 Å². The molecule has 0 N–H and O–H groups in total. The number of rotatable bonds is 4. The lowest BCUT2D eigenvalue weighted by Gasteiger charge is -2.09. The van der Waals surface area contributed by atoms with Crippen LogP contribution < -0.4 is 0 Å². The van der Waals surface area contributed by atoms with Crippen molar-refractivity contribution in [2.75, 3.05) is 6.61 Å². The topological polar surface area (TPSA) is 31.2 Å². The minimum atomic E-state index is -0.247. The van der Waals surface area contributed by atoms with E-state index in [4.69, 9.17) is 4.74 Å². The van der Waals surface area contributed by atoms with E-state index < -0.39 is 0 Å². The van der Waals surface area contributed by atoms with Gasteiger partial charge in [0.1, 0.15) is 0 Å². The van der Waals surface area contributed by atoms with E-state index in [0.717, 1.165) is 23.1 Å². The first kappa shape index (κ1) is 14.4. The molecule has 1 heterocycles. The van der Waals surface area contributed by atoms with Crippen molar-refractivity contribution in [3.63, 3.8) is 0 Å². The molecular weight excluding hydrogens is 274 g/mol. The van der Waals surface area contributed by atoms with Crippen LogP contribution in [0.5, 0.6) is 0 Å². The molecular formula is C19H19NO2. The zero-order chi connectivity index (χ0) is 15.5. The molecule has 112 valence electrons. The van der Waals surface area contributed by atoms with Gasteiger partial charge < -0.3 is 9.30 Å². The SMILES string of the molecule is CCOC(=O)c1c(C)n(Cc2ccccc2)c2ccccc12. The summed E-state index contributed by atoms with van der Waals surface area (Å²) in [5, 5.41) is 0.953. The molecule has 0 aliphatic carbocycles. The highest BCUT2D eigenvalue weighted by molar-refractivity contribution is 6.05. The summed E-state index contributed by atoms with van der Waals surface area (Å²) in [7, 11) is 0. The first-order chi connectivity index (χ1) is 10.7. The fraction of sp³-hybridized carbons (Fsp3) is 0.211. The van der Waals surface area contributed by atoms with Crippen LogP contribution in [0.1, 0.15) is 28.5 Å². The fourth-order valence-corrected chi connectivity index (χ4v) is 2.86. The summed E-state index contributed by atoms with van der Waals surface area (Å²) >= 11 is 0. The van der Waals surface area contributed by atoms with Gasteiger partial charge >= 0.3 is 5.97 Å². The van der Waals surface area contributed by atoms with Crippen LogP contribution in [0, 0.1) is 6.92 Å². The Hall–Kier alpha value is -2.55. The van der Waals surface area contributed by atoms with Gasteiger partial charge in [-0.1, -0.05) is 48.5 Å². The molecule has 0 saturated carbocycles. The predicted molar refractivity (Wildman–Crippen MR) is 88.2 cm³/mol. The molecule has 3 rings (SSSR count). The Morgan fingerprint density at radius 1 is 1.05 bits per heavy atom. The number of ether oxygens (including phenoxy) is 1. The molecule has 0 saturated heterocycles. The highest BCUT2D eigenvalue weighted by Gasteiger charge is 2.20. The summed E-state index contributed by atoms with van der Waals surface area (Å²) in [6, 6.07) is 18.2. The highest BCUT2D eigenvalue weighted by atomic mass is 16.5. The first-order valence-electron chi connectivity index (χ1n) is 7.51. The van der Waals surface area contributed by atoms with Gasteiger partial charge in [-0.2, -0.15) is 0 Å². The van der Waals surface area contributed by atoms with Crippen molar-refractivity contribution < 1.29 is 9.53 Å². The molecule has 3 nitrogen and oxygen atoms in total. The summed E-state index contributed by atoms with van der Waals surface area (Å²) < 4.78 is 7.41. The molecule has 0 atom stereocenters. The number of hydrogen-bond donors (Lipinski definition) is 0. The number of para-hydroxylation sites is 1. The van der Waals surface area contributed by atoms with Gasteiger partial charge in [-0.05, 0) is 25.5 Å². The van der Waals surface area contributed by atoms with Crippen molar-refractivity contribution in [2.45, 2.75) is 20.4 Å². The Morgan fingerprint density at radius 3 is 2.45 bits per heavy atom. The maximum atomic E-state index is 12.3. The second kappa shape index (κ2) is 6.06. The van der Waals surface area contributed by atoms with E-state index in [1.165, 1.54) is 5.56 Å². The number of aromatic nitrogens is 1. The minimum absolute atomic E-state index is 0.247. The van der Waals surface area contributed by atoms with Crippen LogP contribution in [0.15, 0.2) is 54.6 Å². The Bertz CT molecular complexity index is 803. The molecule has 0 fully saturated rings. The number of fused-ring (bicyclic) bond motifs is 1. The van der Waals surface area contributed by atoms with Gasteiger partial charge in [0.05, 0.1) is 12.2 Å². The first-order valence-corrected chi connectivity index (χ1v) is 7.51. The highest BCUT2D eigenvalue weighted by Crippen LogP contribution is 2.27. The van der Waals surface area contributed by atoms with E-state index in [1.54, 1.807) is 0 Å². The lowest BCUT2D eigenvalue weighted by molar-refractivity contribution is 0.0527. The van der Waals surface area contributed by atoms with Gasteiger partial charge in [0.2, 0.25) is 0 Å². The number of hydrogen-bond acceptors (Lipinski definition) is 2. The van der Waals surface area contributed by atoms with Gasteiger partial charge in [-0.25, -0.2) is 4.79 Å². The molecule has 0 amide bonds. The average Bonchev–Trinajstić information content (AvgIpc) is 2.81. The summed E-state index contributed by atoms with van der Waals surface area (Å²) in [6.45, 7) is 4.94. The molecule has 0 unspecified atom stereocenters. The average molecular weight is 293 g/mol. The second-order valence-corrected chi connectivity index (χ2v) is 5.27. The van der Waals surface area contributed by atoms with E-state index in [2.05, 4.69) is 16.7 Å². The third kappa shape index (κ3) is 2.50. The zero-order valence-electron chi connectivity index (χ0n) is 12.9. The van der Waals surface area contributed by atoms with Crippen LogP contribution >= 0.6 is 0 Å². The molecule has 3 heteroatoms. The van der Waals surface area contributed by atoms with E-state index in [-0.39, 0.29) is 5.97 Å². The summed E-state index contributed by atoms with van der Waals surface area (Å²) in [4.78, 5) is 12.3. The largest absolute Gasteiger partial charge is 0.462 e. The predicted octanol–water partition coefficient (Wildman–Crippen LogP) is 4.17. The number of nitrogens with zero attached hydrogens (tertiary/aromatic N) is 1. The lowest BCUT2D eigenvalue weighted by Crippen LogP contribution is -2.08. The van der Waals surface area contributed by atoms with Crippen molar-refractivity contribution in [2.24, 2.45) is 0 Å². The Kier molecular flexibility index (Phi) is 3.96. The van der Waals surface area contributed by atoms with Gasteiger partial charge in [-0.15, -0.1) is 0 Å². The second-order valence-electron chi connectivity index (χ2n) is 5.27. The number of esters is 1. The van der Waals surface area contributed by atoms with Gasteiger partial charge in [0, 0.05) is 23.1 Å². The van der Waals surface area contributed by atoms with Crippen LogP contribution in [-0.4, -0.2) is 17.1 Å². The van der Waals surface area contributed by atoms with Crippen molar-refractivity contribution >= 4 is 16.9 Å². The van der Waals surface area contributed by atoms with Crippen molar-refractivity contribution in [1.82, 2.24) is 4.57 Å². The summed E-state index contributed by atoms with van der Waals surface area (Å²) in [5.74, 6) is -0.247. The van der Waals surface area contributed by atoms with Gasteiger partial charge in [0.25, 0.3) is 0 Å². The molecule has 22 heavy (non-hydrogen) atoms.